The molecule has 0 aromatic heterocycles. The minimum Gasteiger partial charge on any atom is -0.333 e. The van der Waals surface area contributed by atoms with E-state index in [0.717, 1.165) is 129 Å². The number of unbranched alkanes of at least 4 members (excludes halogenated alkanes) is 2. The maximum absolute atomic E-state index is 12.1. The number of rotatable bonds is 22. The summed E-state index contributed by atoms with van der Waals surface area (Å²) in [5.41, 5.74) is 18.3. The van der Waals surface area contributed by atoms with Gasteiger partial charge in [0.15, 0.2) is 6.29 Å². The van der Waals surface area contributed by atoms with Crippen molar-refractivity contribution in [3.05, 3.63) is 124 Å². The molecule has 0 amide bonds. The fourth-order valence-corrected chi connectivity index (χ4v) is 9.31. The molecule has 1 saturated carbocycles. The number of carbonyl (C=O) groups excluding carboxylic acids is 2. The van der Waals surface area contributed by atoms with Gasteiger partial charge in [-0.2, -0.15) is 5.48 Å². The molecule has 0 bridgehead atoms. The Morgan fingerprint density at radius 1 is 0.906 bits per heavy atom. The first kappa shape index (κ1) is 53.8. The van der Waals surface area contributed by atoms with Gasteiger partial charge in [0, 0.05) is 29.3 Å². The summed E-state index contributed by atoms with van der Waals surface area (Å²) in [6.45, 7) is 17.2. The standard InChI is InChI=1S/C53H69N3O3.C2H7N.CH5N/c1-6-14-45-16-12-17-46(52(45)37-58)31-42-24-20-40(21-25-42)15-10-9-11-30-55-34-43-26-22-41(23-27-43)28-29-48(35-54-5)51-33-49(36-57)44(7-2)32-47(51)18-13-19-53-50(8-3)39(4)38-59-56-53;1-3-2;1-2/h6,12,16-17,20-21,24-25,32-33,35-37,39,41,43,50,53,55-56H,1,5,7-11,13-15,18-19,22-23,26-27,30-31,34,38H2,2-4H3;3H,1-2H3;2H2,1H3/b48-35-;;. The first-order valence-electron chi connectivity index (χ1n) is 24.1. The third kappa shape index (κ3) is 17.5. The third-order valence-corrected chi connectivity index (χ3v) is 12.8. The zero-order valence-corrected chi connectivity index (χ0v) is 40.3. The van der Waals surface area contributed by atoms with Gasteiger partial charge in [0.25, 0.3) is 0 Å². The molecule has 8 nitrogen and oxygen atoms in total. The van der Waals surface area contributed by atoms with Crippen LogP contribution in [0.15, 0.2) is 78.4 Å². The van der Waals surface area contributed by atoms with Crippen LogP contribution in [0.3, 0.4) is 0 Å². The molecule has 5 N–H and O–H groups in total. The number of nitrogens with two attached hydrogens (primary N) is 1. The maximum atomic E-state index is 12.1. The van der Waals surface area contributed by atoms with Crippen molar-refractivity contribution in [2.24, 2.45) is 34.4 Å². The number of hydroxylamine groups is 1. The summed E-state index contributed by atoms with van der Waals surface area (Å²) >= 11 is 0. The lowest BCUT2D eigenvalue weighted by molar-refractivity contribution is -0.0793. The van der Waals surface area contributed by atoms with Crippen molar-refractivity contribution >= 4 is 24.9 Å². The normalized spacial score (nSPS) is 19.4. The monoisotopic (exact) mass is 872 g/mol. The predicted molar refractivity (Wildman–Crippen MR) is 271 cm³/mol. The second-order valence-electron chi connectivity index (χ2n) is 17.5. The van der Waals surface area contributed by atoms with Crippen LogP contribution >= 0.6 is 0 Å². The summed E-state index contributed by atoms with van der Waals surface area (Å²) < 4.78 is 0. The second kappa shape index (κ2) is 31.4. The van der Waals surface area contributed by atoms with Crippen molar-refractivity contribution in [3.8, 4) is 11.8 Å². The Kier molecular flexibility index (Phi) is 26.4. The lowest BCUT2D eigenvalue weighted by Gasteiger charge is -2.36. The number of aldehydes is 2. The molecular weight excluding hydrogens is 791 g/mol. The van der Waals surface area contributed by atoms with Crippen molar-refractivity contribution in [1.29, 1.82) is 0 Å². The number of hydrogen-bond donors (Lipinski definition) is 4. The lowest BCUT2D eigenvalue weighted by Crippen LogP contribution is -2.46. The highest BCUT2D eigenvalue weighted by Gasteiger charge is 2.29. The second-order valence-corrected chi connectivity index (χ2v) is 17.5. The Bertz CT molecular complexity index is 1940. The molecule has 1 aliphatic heterocycles. The summed E-state index contributed by atoms with van der Waals surface area (Å²) in [6, 6.07) is 19.6. The molecule has 1 aliphatic carbocycles. The smallest absolute Gasteiger partial charge is 0.150 e. The number of allylic oxidation sites excluding steroid dienone is 2. The summed E-state index contributed by atoms with van der Waals surface area (Å²) in [5.74, 6) is 9.36. The van der Waals surface area contributed by atoms with E-state index in [0.29, 0.717) is 36.1 Å². The Balaban J connectivity index is 0.00000209. The molecule has 0 radical (unpaired) electrons. The van der Waals surface area contributed by atoms with E-state index >= 15 is 0 Å². The van der Waals surface area contributed by atoms with Gasteiger partial charge in [0.05, 0.1) is 12.2 Å². The molecule has 3 aromatic rings. The number of nitrogens with one attached hydrogen (secondary N) is 3. The molecule has 8 heteroatoms. The third-order valence-electron chi connectivity index (χ3n) is 12.8. The number of hydrogen-bond acceptors (Lipinski definition) is 8. The summed E-state index contributed by atoms with van der Waals surface area (Å²) in [6.07, 6.45) is 21.3. The molecule has 3 unspecified atom stereocenters. The fraction of sp³-hybridized carbons (Fsp3) is 0.518. The number of nitrogens with zero attached hydrogens (tertiary/aromatic N) is 1. The maximum Gasteiger partial charge on any atom is 0.150 e. The molecule has 5 rings (SSSR count). The number of benzene rings is 3. The summed E-state index contributed by atoms with van der Waals surface area (Å²) in [7, 11) is 5.25. The minimum absolute atomic E-state index is 0.354. The molecular formula is C56H81N5O3. The molecule has 2 fully saturated rings. The zero-order valence-electron chi connectivity index (χ0n) is 40.3. The average molecular weight is 872 g/mol. The van der Waals surface area contributed by atoms with Gasteiger partial charge in [0.2, 0.25) is 0 Å². The van der Waals surface area contributed by atoms with E-state index in [1.165, 1.54) is 55.8 Å². The van der Waals surface area contributed by atoms with Gasteiger partial charge in [-0.05, 0) is 187 Å². The molecule has 2 aliphatic rings. The van der Waals surface area contributed by atoms with Crippen molar-refractivity contribution in [2.45, 2.75) is 123 Å². The number of aryl methyl sites for hydroxylation is 3. The van der Waals surface area contributed by atoms with E-state index in [-0.39, 0.29) is 0 Å². The van der Waals surface area contributed by atoms with Crippen LogP contribution in [0.25, 0.3) is 5.57 Å². The lowest BCUT2D eigenvalue weighted by atomic mass is 9.81. The Hall–Kier alpha value is -4.49. The van der Waals surface area contributed by atoms with Crippen molar-refractivity contribution in [1.82, 2.24) is 16.1 Å². The number of aliphatic imine (C=N–C) groups is 1. The molecule has 1 saturated heterocycles. The van der Waals surface area contributed by atoms with E-state index in [2.05, 4.69) is 109 Å². The molecule has 348 valence electrons. The van der Waals surface area contributed by atoms with E-state index in [1.807, 2.05) is 38.4 Å². The average Bonchev–Trinajstić information content (AvgIpc) is 3.32. The Labute approximate surface area is 387 Å². The van der Waals surface area contributed by atoms with Crippen LogP contribution in [0.2, 0.25) is 0 Å². The molecule has 3 atom stereocenters. The van der Waals surface area contributed by atoms with Gasteiger partial charge in [-0.25, -0.2) is 0 Å². The number of carbonyl (C=O) groups is 2. The van der Waals surface area contributed by atoms with Crippen LogP contribution in [0.4, 0.5) is 0 Å². The van der Waals surface area contributed by atoms with Crippen LogP contribution in [-0.2, 0) is 36.9 Å². The Morgan fingerprint density at radius 2 is 1.62 bits per heavy atom. The van der Waals surface area contributed by atoms with E-state index in [9.17, 15) is 9.59 Å². The van der Waals surface area contributed by atoms with Crippen LogP contribution < -0.4 is 21.8 Å². The topological polar surface area (TPSA) is 118 Å². The van der Waals surface area contributed by atoms with Crippen LogP contribution in [0, 0.1) is 35.5 Å². The van der Waals surface area contributed by atoms with E-state index in [4.69, 9.17) is 4.84 Å². The van der Waals surface area contributed by atoms with Gasteiger partial charge in [0.1, 0.15) is 6.29 Å². The molecule has 3 aromatic carbocycles. The molecule has 64 heavy (non-hydrogen) atoms. The van der Waals surface area contributed by atoms with Crippen molar-refractivity contribution < 1.29 is 14.4 Å². The van der Waals surface area contributed by atoms with Gasteiger partial charge in [-0.1, -0.05) is 100 Å². The van der Waals surface area contributed by atoms with Gasteiger partial charge in [-0.15, -0.1) is 6.58 Å². The predicted octanol–water partition coefficient (Wildman–Crippen LogP) is 10.3. The van der Waals surface area contributed by atoms with E-state index in [1.54, 1.807) is 6.20 Å². The Morgan fingerprint density at radius 3 is 2.28 bits per heavy atom. The first-order valence-corrected chi connectivity index (χ1v) is 24.1. The zero-order chi connectivity index (χ0) is 46.5. The fourth-order valence-electron chi connectivity index (χ4n) is 9.31. The summed E-state index contributed by atoms with van der Waals surface area (Å²) in [4.78, 5) is 33.8. The molecule has 0 spiro atoms. The van der Waals surface area contributed by atoms with Crippen LogP contribution in [0.5, 0.6) is 0 Å². The van der Waals surface area contributed by atoms with Gasteiger partial charge < -0.3 is 21.2 Å². The van der Waals surface area contributed by atoms with E-state index < -0.39 is 0 Å². The highest BCUT2D eigenvalue weighted by molar-refractivity contribution is 5.86. The largest absolute Gasteiger partial charge is 0.333 e. The SMILES string of the molecule is C=CCc1cccc(Cc2ccc(CCCCCNCC3CCC(C#C/C(=C/N=C)c4cc(C=O)c(CC)cc4CCCC4NOCC(C)C4CC)CC3)cc2)c1C=O.CN.CNC. The minimum atomic E-state index is 0.354. The van der Waals surface area contributed by atoms with Crippen molar-refractivity contribution in [3.63, 3.8) is 0 Å². The quantitative estimate of drug-likeness (QED) is 0.0261. The van der Waals surface area contributed by atoms with Crippen LogP contribution in [-0.4, -0.2) is 66.2 Å². The van der Waals surface area contributed by atoms with Crippen LogP contribution in [0.1, 0.15) is 145 Å². The first-order chi connectivity index (χ1) is 31.3. The van der Waals surface area contributed by atoms with Gasteiger partial charge in [-0.3, -0.25) is 14.6 Å². The highest BCUT2D eigenvalue weighted by Crippen LogP contribution is 2.31. The highest BCUT2D eigenvalue weighted by atomic mass is 16.6. The summed E-state index contributed by atoms with van der Waals surface area (Å²) in [5, 5.41) is 6.50. The van der Waals surface area contributed by atoms with Gasteiger partial charge >= 0.3 is 0 Å². The molecule has 1 heterocycles. The van der Waals surface area contributed by atoms with Crippen molar-refractivity contribution in [2.75, 3.05) is 40.8 Å².